The van der Waals surface area contributed by atoms with E-state index in [0.717, 1.165) is 37.7 Å². The van der Waals surface area contributed by atoms with Crippen molar-refractivity contribution in [2.45, 2.75) is 77.8 Å². The van der Waals surface area contributed by atoms with E-state index in [9.17, 15) is 38.4 Å². The van der Waals surface area contributed by atoms with Crippen molar-refractivity contribution in [3.8, 4) is 0 Å². The molecule has 0 radical (unpaired) electrons. The van der Waals surface area contributed by atoms with Gasteiger partial charge in [0.05, 0.1) is 29.4 Å². The molecule has 6 N–H and O–H groups in total. The number of piperidine rings is 2. The summed E-state index contributed by atoms with van der Waals surface area (Å²) in [6, 6.07) is 14.2. The van der Waals surface area contributed by atoms with E-state index in [2.05, 4.69) is 36.7 Å². The highest BCUT2D eigenvalue weighted by Crippen LogP contribution is 2.35. The van der Waals surface area contributed by atoms with Crippen molar-refractivity contribution in [1.29, 1.82) is 0 Å². The summed E-state index contributed by atoms with van der Waals surface area (Å²) < 4.78 is 0. The Hall–Kier alpha value is -6.91. The summed E-state index contributed by atoms with van der Waals surface area (Å²) in [6.07, 6.45) is 1.13. The molecule has 19 heteroatoms. The zero-order valence-electron chi connectivity index (χ0n) is 32.4. The first-order valence-electron chi connectivity index (χ1n) is 18.9. The minimum atomic E-state index is -0.628. The molecule has 2 unspecified atom stereocenters. The topological polar surface area (TPSA) is 220 Å². The lowest BCUT2D eigenvalue weighted by molar-refractivity contribution is -0.138. The zero-order valence-corrected chi connectivity index (χ0v) is 34.1. The molecule has 4 aliphatic heterocycles. The molecule has 4 aliphatic rings. The van der Waals surface area contributed by atoms with Gasteiger partial charge in [0.25, 0.3) is 11.8 Å². The maximum atomic E-state index is 12.8. The van der Waals surface area contributed by atoms with Crippen LogP contribution < -0.4 is 31.9 Å². The van der Waals surface area contributed by atoms with Crippen molar-refractivity contribution in [3.05, 3.63) is 108 Å². The average Bonchev–Trinajstić information content (AvgIpc) is 3.97. The van der Waals surface area contributed by atoms with E-state index in [1.54, 1.807) is 24.3 Å². The van der Waals surface area contributed by atoms with Gasteiger partial charge in [-0.25, -0.2) is 14.4 Å². The fraction of sp³-hybridized carbons (Fsp3) is 0.293. The van der Waals surface area contributed by atoms with Gasteiger partial charge in [0.2, 0.25) is 23.6 Å². The number of anilines is 2. The first kappa shape index (κ1) is 41.3. The molecule has 8 rings (SSSR count). The van der Waals surface area contributed by atoms with Gasteiger partial charge < -0.3 is 31.1 Å². The molecule has 2 aromatic carbocycles. The molecule has 6 heterocycles. The number of carbonyl (C=O) groups is 8. The second-order valence-electron chi connectivity index (χ2n) is 14.5. The summed E-state index contributed by atoms with van der Waals surface area (Å²) in [5, 5.41) is 15.7. The van der Waals surface area contributed by atoms with Gasteiger partial charge in [-0.05, 0) is 73.2 Å². The average molecular weight is 850 g/mol. The minimum Gasteiger partial charge on any atom is -0.333 e. The number of para-hydroxylation sites is 1. The second kappa shape index (κ2) is 17.5. The van der Waals surface area contributed by atoms with Crippen LogP contribution in [0.15, 0.2) is 54.6 Å². The Balaban J connectivity index is 0.000000181. The number of thiophene rings is 2. The van der Waals surface area contributed by atoms with Crippen molar-refractivity contribution in [2.24, 2.45) is 0 Å². The van der Waals surface area contributed by atoms with E-state index in [1.165, 1.54) is 32.5 Å². The molecule has 10 amide bonds. The summed E-state index contributed by atoms with van der Waals surface area (Å²) in [5.41, 5.74) is 5.49. The van der Waals surface area contributed by atoms with Crippen LogP contribution in [0.5, 0.6) is 0 Å². The molecule has 2 saturated heterocycles. The number of carbonyl (C=O) groups excluding carboxylic acids is 8. The van der Waals surface area contributed by atoms with Crippen molar-refractivity contribution < 1.29 is 38.4 Å². The number of fused-ring (bicyclic) bond motifs is 2. The largest absolute Gasteiger partial charge is 0.333 e. The normalized spacial score (nSPS) is 18.1. The number of nitrogens with zero attached hydrogens (tertiary/aromatic N) is 3. The molecule has 0 spiro atoms. The third-order valence-corrected chi connectivity index (χ3v) is 12.6. The molecule has 2 atom stereocenters. The maximum Gasteiger partial charge on any atom is 0.319 e. The van der Waals surface area contributed by atoms with Gasteiger partial charge >= 0.3 is 12.1 Å². The van der Waals surface area contributed by atoms with E-state index < -0.39 is 29.9 Å². The quantitative estimate of drug-likeness (QED) is 0.106. The SMILES string of the molecule is Cc1cccc(C)c1NC(=O)NCc1cc2c(s1)C(=O)N(C1CCC(=O)NC1=O)C2.[C-]#[N+]c1ccc(NC(=O)NCc2cc3c(s2)C(=O)N(C2CCC(=O)NC2=O)C3)cc1. The maximum absolute atomic E-state index is 12.8. The summed E-state index contributed by atoms with van der Waals surface area (Å²) in [6.45, 7) is 12.0. The standard InChI is InChI=1S/C21H22N4O4S.C20H17N5O4S/c1-11-4-3-5-12(2)17(11)24-21(29)22-9-14-8-13-10-25(20(28)18(13)30-14)15-6-7-16(26)23-19(15)27;1-21-12-2-4-13(5-3-12)23-20(29)22-9-14-8-11-10-25(19(28)17(11)30-14)15-6-7-16(26)24-18(15)27/h3-5,8,15H,6-7,9-10H2,1-2H3,(H2,22,24,29)(H,23,26,27);2-5,8,15H,6-7,9-10H2,(H2,22,23,29)(H,24,26,27). The number of imide groups is 2. The smallest absolute Gasteiger partial charge is 0.319 e. The van der Waals surface area contributed by atoms with Gasteiger partial charge in [0, 0.05) is 47.1 Å². The Morgan fingerprint density at radius 2 is 1.18 bits per heavy atom. The minimum absolute atomic E-state index is 0.198. The molecular weight excluding hydrogens is 811 g/mol. The molecule has 0 saturated carbocycles. The monoisotopic (exact) mass is 849 g/mol. The van der Waals surface area contributed by atoms with Crippen LogP contribution in [0.3, 0.4) is 0 Å². The summed E-state index contributed by atoms with van der Waals surface area (Å²) in [5.74, 6) is -1.88. The molecule has 0 aliphatic carbocycles. The molecule has 2 aromatic heterocycles. The van der Waals surface area contributed by atoms with E-state index in [4.69, 9.17) is 6.57 Å². The Morgan fingerprint density at radius 1 is 0.717 bits per heavy atom. The lowest BCUT2D eigenvalue weighted by atomic mass is 10.0. The summed E-state index contributed by atoms with van der Waals surface area (Å²) >= 11 is 2.61. The highest BCUT2D eigenvalue weighted by molar-refractivity contribution is 7.14. The molecule has 4 aromatic rings. The number of nitrogens with one attached hydrogen (secondary N) is 6. The van der Waals surface area contributed by atoms with E-state index >= 15 is 0 Å². The molecular formula is C41H39N9O8S2. The van der Waals surface area contributed by atoms with E-state index in [-0.39, 0.29) is 49.0 Å². The van der Waals surface area contributed by atoms with E-state index in [0.29, 0.717) is 53.6 Å². The fourth-order valence-electron chi connectivity index (χ4n) is 7.28. The summed E-state index contributed by atoms with van der Waals surface area (Å²) in [7, 11) is 0. The predicted molar refractivity (Wildman–Crippen MR) is 221 cm³/mol. The molecule has 2 fully saturated rings. The highest BCUT2D eigenvalue weighted by atomic mass is 32.1. The third-order valence-electron chi connectivity index (χ3n) is 10.3. The second-order valence-corrected chi connectivity index (χ2v) is 16.7. The van der Waals surface area contributed by atoms with Gasteiger partial charge in [-0.2, -0.15) is 0 Å². The number of rotatable bonds is 8. The zero-order chi connectivity index (χ0) is 42.7. The highest BCUT2D eigenvalue weighted by Gasteiger charge is 2.41. The number of benzene rings is 2. The number of aryl methyl sites for hydroxylation is 2. The fourth-order valence-corrected chi connectivity index (χ4v) is 9.41. The Kier molecular flexibility index (Phi) is 12.0. The number of urea groups is 2. The van der Waals surface area contributed by atoms with Crippen LogP contribution in [-0.2, 0) is 45.4 Å². The van der Waals surface area contributed by atoms with Crippen molar-refractivity contribution in [1.82, 2.24) is 31.1 Å². The first-order chi connectivity index (χ1) is 28.8. The van der Waals surface area contributed by atoms with Gasteiger partial charge in [-0.15, -0.1) is 22.7 Å². The predicted octanol–water partition coefficient (Wildman–Crippen LogP) is 4.83. The van der Waals surface area contributed by atoms with Gasteiger partial charge in [0.15, 0.2) is 5.69 Å². The van der Waals surface area contributed by atoms with Crippen molar-refractivity contribution >= 4 is 87.2 Å². The lowest BCUT2D eigenvalue weighted by Gasteiger charge is -2.29. The number of amides is 10. The Bertz CT molecular complexity index is 2470. The van der Waals surface area contributed by atoms with Crippen LogP contribution in [0.25, 0.3) is 4.85 Å². The van der Waals surface area contributed by atoms with Gasteiger partial charge in [-0.3, -0.25) is 39.4 Å². The van der Waals surface area contributed by atoms with Crippen LogP contribution in [-0.4, -0.2) is 69.4 Å². The lowest BCUT2D eigenvalue weighted by Crippen LogP contribution is -2.52. The van der Waals surface area contributed by atoms with Crippen molar-refractivity contribution in [2.75, 3.05) is 10.6 Å². The molecule has 0 bridgehead atoms. The number of hydrogen-bond acceptors (Lipinski definition) is 10. The Labute approximate surface area is 351 Å². The van der Waals surface area contributed by atoms with Crippen LogP contribution in [0.4, 0.5) is 26.7 Å². The first-order valence-corrected chi connectivity index (χ1v) is 20.6. The number of hydrogen-bond donors (Lipinski definition) is 6. The third kappa shape index (κ3) is 9.04. The van der Waals surface area contributed by atoms with E-state index in [1.807, 2.05) is 44.2 Å². The molecule has 17 nitrogen and oxygen atoms in total. The molecule has 308 valence electrons. The van der Waals surface area contributed by atoms with Crippen LogP contribution >= 0.6 is 22.7 Å². The van der Waals surface area contributed by atoms with Gasteiger partial charge in [0.1, 0.15) is 12.1 Å². The molecule has 60 heavy (non-hydrogen) atoms. The van der Waals surface area contributed by atoms with Crippen LogP contribution in [0, 0.1) is 20.4 Å². The van der Waals surface area contributed by atoms with Crippen LogP contribution in [0.1, 0.15) is 77.0 Å². The van der Waals surface area contributed by atoms with Crippen molar-refractivity contribution in [3.63, 3.8) is 0 Å². The van der Waals surface area contributed by atoms with Crippen LogP contribution in [0.2, 0.25) is 0 Å². The Morgan fingerprint density at radius 3 is 1.62 bits per heavy atom. The van der Waals surface area contributed by atoms with Gasteiger partial charge in [-0.1, -0.05) is 30.3 Å². The summed E-state index contributed by atoms with van der Waals surface area (Å²) in [4.78, 5) is 106.